The van der Waals surface area contributed by atoms with Crippen molar-refractivity contribution in [2.75, 3.05) is 13.1 Å². The molecule has 0 aliphatic carbocycles. The summed E-state index contributed by atoms with van der Waals surface area (Å²) in [6, 6.07) is 0. The molecule has 0 aromatic carbocycles. The number of thiazole rings is 1. The van der Waals surface area contributed by atoms with Crippen molar-refractivity contribution in [1.82, 2.24) is 20.3 Å². The lowest BCUT2D eigenvalue weighted by Crippen LogP contribution is -2.26. The van der Waals surface area contributed by atoms with Crippen LogP contribution in [0.4, 0.5) is 0 Å². The van der Waals surface area contributed by atoms with E-state index in [4.69, 9.17) is 4.98 Å². The quantitative estimate of drug-likeness (QED) is 0.900. The van der Waals surface area contributed by atoms with Gasteiger partial charge in [0, 0.05) is 23.7 Å². The average Bonchev–Trinajstić information content (AvgIpc) is 2.90. The summed E-state index contributed by atoms with van der Waals surface area (Å²) in [6.45, 7) is 4.18. The number of rotatable bonds is 2. The molecule has 2 aromatic rings. The van der Waals surface area contributed by atoms with E-state index in [9.17, 15) is 0 Å². The van der Waals surface area contributed by atoms with Crippen molar-refractivity contribution < 1.29 is 0 Å². The molecule has 0 unspecified atom stereocenters. The molecule has 4 nitrogen and oxygen atoms in total. The molecule has 1 fully saturated rings. The van der Waals surface area contributed by atoms with Crippen molar-refractivity contribution in [3.63, 3.8) is 0 Å². The van der Waals surface area contributed by atoms with Crippen LogP contribution in [0.2, 0.25) is 0 Å². The molecule has 3 heterocycles. The summed E-state index contributed by atoms with van der Waals surface area (Å²) in [5.74, 6) is 0.613. The number of hydrogen-bond acceptors (Lipinski definition) is 5. The van der Waals surface area contributed by atoms with Gasteiger partial charge in [-0.25, -0.2) is 4.98 Å². The van der Waals surface area contributed by atoms with E-state index < -0.39 is 0 Å². The van der Waals surface area contributed by atoms with Gasteiger partial charge in [0.05, 0.1) is 10.7 Å². The molecule has 1 N–H and O–H groups in total. The zero-order chi connectivity index (χ0) is 12.4. The first-order chi connectivity index (χ1) is 8.84. The highest BCUT2D eigenvalue weighted by molar-refractivity contribution is 7.10. The SMILES string of the molecule is Cc1nccnc1-c1csc(C2CCNCC2)n1. The highest BCUT2D eigenvalue weighted by Gasteiger charge is 2.19. The van der Waals surface area contributed by atoms with E-state index in [1.165, 1.54) is 17.8 Å². The molecular weight excluding hydrogens is 244 g/mol. The van der Waals surface area contributed by atoms with Crippen molar-refractivity contribution in [3.05, 3.63) is 28.5 Å². The van der Waals surface area contributed by atoms with E-state index in [2.05, 4.69) is 20.7 Å². The van der Waals surface area contributed by atoms with Crippen LogP contribution in [0.15, 0.2) is 17.8 Å². The molecule has 0 bridgehead atoms. The molecule has 0 saturated carbocycles. The van der Waals surface area contributed by atoms with Crippen molar-refractivity contribution in [3.8, 4) is 11.4 Å². The topological polar surface area (TPSA) is 50.7 Å². The summed E-state index contributed by atoms with van der Waals surface area (Å²) in [5, 5.41) is 6.74. The first-order valence-electron chi connectivity index (χ1n) is 6.28. The Kier molecular flexibility index (Phi) is 3.34. The fourth-order valence-electron chi connectivity index (χ4n) is 2.31. The minimum absolute atomic E-state index is 0.613. The Hall–Kier alpha value is -1.33. The summed E-state index contributed by atoms with van der Waals surface area (Å²) in [6.07, 6.45) is 5.82. The molecular formula is C13H16N4S. The minimum atomic E-state index is 0.613. The second kappa shape index (κ2) is 5.12. The van der Waals surface area contributed by atoms with Crippen LogP contribution in [0.3, 0.4) is 0 Å². The van der Waals surface area contributed by atoms with Crippen LogP contribution in [-0.4, -0.2) is 28.0 Å². The van der Waals surface area contributed by atoms with Gasteiger partial charge in [-0.3, -0.25) is 9.97 Å². The molecule has 18 heavy (non-hydrogen) atoms. The third-order valence-electron chi connectivity index (χ3n) is 3.33. The maximum Gasteiger partial charge on any atom is 0.111 e. The smallest absolute Gasteiger partial charge is 0.111 e. The van der Waals surface area contributed by atoms with Crippen LogP contribution in [0.1, 0.15) is 29.5 Å². The number of piperidine rings is 1. The van der Waals surface area contributed by atoms with E-state index in [0.717, 1.165) is 30.2 Å². The second-order valence-electron chi connectivity index (χ2n) is 4.59. The number of aryl methyl sites for hydroxylation is 1. The zero-order valence-electron chi connectivity index (χ0n) is 10.4. The maximum atomic E-state index is 4.75. The van der Waals surface area contributed by atoms with Gasteiger partial charge >= 0.3 is 0 Å². The van der Waals surface area contributed by atoms with Crippen LogP contribution in [0.25, 0.3) is 11.4 Å². The van der Waals surface area contributed by atoms with E-state index in [1.807, 2.05) is 6.92 Å². The van der Waals surface area contributed by atoms with Gasteiger partial charge in [-0.05, 0) is 32.9 Å². The van der Waals surface area contributed by atoms with Gasteiger partial charge in [0.1, 0.15) is 11.4 Å². The monoisotopic (exact) mass is 260 g/mol. The Morgan fingerprint density at radius 3 is 2.78 bits per heavy atom. The molecule has 94 valence electrons. The van der Waals surface area contributed by atoms with E-state index >= 15 is 0 Å². The number of aromatic nitrogens is 3. The molecule has 0 amide bonds. The summed E-state index contributed by atoms with van der Waals surface area (Å²) in [4.78, 5) is 13.4. The van der Waals surface area contributed by atoms with Gasteiger partial charge < -0.3 is 5.32 Å². The van der Waals surface area contributed by atoms with Crippen LogP contribution >= 0.6 is 11.3 Å². The molecule has 5 heteroatoms. The molecule has 1 saturated heterocycles. The summed E-state index contributed by atoms with van der Waals surface area (Å²) in [5.41, 5.74) is 2.83. The van der Waals surface area contributed by atoms with Crippen molar-refractivity contribution in [1.29, 1.82) is 0 Å². The Morgan fingerprint density at radius 2 is 2.00 bits per heavy atom. The summed E-state index contributed by atoms with van der Waals surface area (Å²) in [7, 11) is 0. The molecule has 3 rings (SSSR count). The van der Waals surface area contributed by atoms with Gasteiger partial charge in [-0.1, -0.05) is 0 Å². The Labute approximate surface area is 111 Å². The van der Waals surface area contributed by atoms with E-state index in [0.29, 0.717) is 5.92 Å². The lowest BCUT2D eigenvalue weighted by atomic mass is 9.99. The highest BCUT2D eigenvalue weighted by atomic mass is 32.1. The van der Waals surface area contributed by atoms with Crippen molar-refractivity contribution >= 4 is 11.3 Å². The minimum Gasteiger partial charge on any atom is -0.317 e. The molecule has 0 spiro atoms. The van der Waals surface area contributed by atoms with Crippen molar-refractivity contribution in [2.45, 2.75) is 25.7 Å². The maximum absolute atomic E-state index is 4.75. The highest BCUT2D eigenvalue weighted by Crippen LogP contribution is 2.31. The van der Waals surface area contributed by atoms with Gasteiger partial charge in [-0.2, -0.15) is 0 Å². The Balaban J connectivity index is 1.87. The molecule has 0 atom stereocenters. The lowest BCUT2D eigenvalue weighted by molar-refractivity contribution is 0.459. The van der Waals surface area contributed by atoms with E-state index in [-0.39, 0.29) is 0 Å². The molecule has 0 radical (unpaired) electrons. The number of nitrogens with one attached hydrogen (secondary N) is 1. The normalized spacial score (nSPS) is 16.9. The second-order valence-corrected chi connectivity index (χ2v) is 5.48. The van der Waals surface area contributed by atoms with Crippen LogP contribution in [-0.2, 0) is 0 Å². The fraction of sp³-hybridized carbons (Fsp3) is 0.462. The van der Waals surface area contributed by atoms with Crippen molar-refractivity contribution in [2.24, 2.45) is 0 Å². The van der Waals surface area contributed by atoms with Gasteiger partial charge in [0.15, 0.2) is 0 Å². The van der Waals surface area contributed by atoms with Gasteiger partial charge in [0.25, 0.3) is 0 Å². The largest absolute Gasteiger partial charge is 0.317 e. The first-order valence-corrected chi connectivity index (χ1v) is 7.16. The van der Waals surface area contributed by atoms with Crippen LogP contribution in [0, 0.1) is 6.92 Å². The number of hydrogen-bond donors (Lipinski definition) is 1. The summed E-state index contributed by atoms with van der Waals surface area (Å²) >= 11 is 1.75. The first kappa shape index (κ1) is 11.7. The van der Waals surface area contributed by atoms with Crippen LogP contribution in [0.5, 0.6) is 0 Å². The molecule has 2 aromatic heterocycles. The van der Waals surface area contributed by atoms with E-state index in [1.54, 1.807) is 23.7 Å². The molecule has 1 aliphatic rings. The Bertz CT molecular complexity index is 531. The Morgan fingerprint density at radius 1 is 1.22 bits per heavy atom. The lowest BCUT2D eigenvalue weighted by Gasteiger charge is -2.20. The molecule has 1 aliphatic heterocycles. The average molecular weight is 260 g/mol. The fourth-order valence-corrected chi connectivity index (χ4v) is 3.29. The third kappa shape index (κ3) is 2.28. The number of nitrogens with zero attached hydrogens (tertiary/aromatic N) is 3. The summed E-state index contributed by atoms with van der Waals surface area (Å²) < 4.78 is 0. The standard InChI is InChI=1S/C13H16N4S/c1-9-12(16-7-6-15-9)11-8-18-13(17-11)10-2-4-14-5-3-10/h6-8,10,14H,2-5H2,1H3. The third-order valence-corrected chi connectivity index (χ3v) is 4.34. The van der Waals surface area contributed by atoms with Crippen LogP contribution < -0.4 is 5.32 Å². The predicted octanol–water partition coefficient (Wildman–Crippen LogP) is 2.38. The zero-order valence-corrected chi connectivity index (χ0v) is 11.2. The van der Waals surface area contributed by atoms with Gasteiger partial charge in [0.2, 0.25) is 0 Å². The van der Waals surface area contributed by atoms with Gasteiger partial charge in [-0.15, -0.1) is 11.3 Å². The predicted molar refractivity (Wildman–Crippen MR) is 72.7 cm³/mol.